The lowest BCUT2D eigenvalue weighted by Gasteiger charge is -2.30. The molecule has 1 N–H and O–H groups in total. The van der Waals surface area contributed by atoms with E-state index in [0.29, 0.717) is 56.8 Å². The van der Waals surface area contributed by atoms with Crippen LogP contribution in [0.1, 0.15) is 27.3 Å². The third kappa shape index (κ3) is 3.97. The molecule has 0 bridgehead atoms. The van der Waals surface area contributed by atoms with Gasteiger partial charge in [-0.05, 0) is 6.42 Å². The maximum Gasteiger partial charge on any atom is 0.275 e. The second kappa shape index (κ2) is 9.08. The Labute approximate surface area is 207 Å². The Bertz CT molecular complexity index is 1430. The predicted octanol–water partition coefficient (Wildman–Crippen LogP) is 2.06. The van der Waals surface area contributed by atoms with E-state index in [0.717, 1.165) is 17.7 Å². The molecule has 0 radical (unpaired) electrons. The monoisotopic (exact) mass is 486 g/mol. The molecule has 11 heteroatoms. The first-order chi connectivity index (χ1) is 17.6. The number of hydrogen-bond acceptors (Lipinski definition) is 7. The van der Waals surface area contributed by atoms with Crippen molar-refractivity contribution in [2.75, 3.05) is 49.6 Å². The molecule has 2 fully saturated rings. The van der Waals surface area contributed by atoms with Crippen LogP contribution in [0.4, 0.5) is 11.8 Å². The van der Waals surface area contributed by atoms with Gasteiger partial charge in [0.05, 0.1) is 30.7 Å². The first-order valence-corrected chi connectivity index (χ1v) is 12.0. The van der Waals surface area contributed by atoms with Crippen LogP contribution in [0.2, 0.25) is 0 Å². The van der Waals surface area contributed by atoms with Gasteiger partial charge >= 0.3 is 0 Å². The Kier molecular flexibility index (Phi) is 5.61. The van der Waals surface area contributed by atoms with E-state index in [2.05, 4.69) is 15.3 Å². The minimum absolute atomic E-state index is 0.183. The highest BCUT2D eigenvalue weighted by Crippen LogP contribution is 2.26. The summed E-state index contributed by atoms with van der Waals surface area (Å²) in [6.07, 6.45) is 4.38. The summed E-state index contributed by atoms with van der Waals surface area (Å²) >= 11 is 0. The van der Waals surface area contributed by atoms with Crippen LogP contribution in [0.25, 0.3) is 16.9 Å². The number of hydrogen-bond donors (Lipinski definition) is 1. The molecule has 0 atom stereocenters. The molecule has 4 aromatic rings. The Balaban J connectivity index is 1.37. The Morgan fingerprint density at radius 2 is 1.81 bits per heavy atom. The van der Waals surface area contributed by atoms with Gasteiger partial charge in [0.15, 0.2) is 0 Å². The molecule has 6 rings (SSSR count). The van der Waals surface area contributed by atoms with E-state index in [1.807, 2.05) is 40.9 Å². The van der Waals surface area contributed by atoms with Crippen molar-refractivity contribution in [1.29, 1.82) is 0 Å². The molecule has 3 aromatic heterocycles. The third-order valence-electron chi connectivity index (χ3n) is 6.57. The van der Waals surface area contributed by atoms with E-state index in [1.165, 1.54) is 10.9 Å². The van der Waals surface area contributed by atoms with Crippen LogP contribution in [-0.2, 0) is 11.8 Å². The molecule has 2 aliphatic rings. The van der Waals surface area contributed by atoms with Crippen LogP contribution in [-0.4, -0.2) is 80.3 Å². The Morgan fingerprint density at radius 3 is 2.53 bits per heavy atom. The average molecular weight is 487 g/mol. The number of anilines is 2. The number of aryl methyl sites for hydroxylation is 1. The Morgan fingerprint density at radius 1 is 1.03 bits per heavy atom. The summed E-state index contributed by atoms with van der Waals surface area (Å²) in [5, 5.41) is 7.05. The number of imidazole rings is 1. The standard InChI is InChI=1S/C25H26N8O3/c1-30-22(18(15-26-30)24(35)31-8-5-9-31)23(34)28-20-14-21-27-19(17-6-3-2-4-7-17)16-33(21)25(29-20)32-10-12-36-13-11-32/h2-4,6-7,14-16H,5,8-13H2,1H3,(H,28,34). The van der Waals surface area contributed by atoms with E-state index >= 15 is 0 Å². The number of fused-ring (bicyclic) bond motifs is 1. The lowest BCUT2D eigenvalue weighted by Crippen LogP contribution is -2.42. The van der Waals surface area contributed by atoms with Gasteiger partial charge < -0.3 is 19.9 Å². The van der Waals surface area contributed by atoms with Crippen LogP contribution in [0.3, 0.4) is 0 Å². The lowest BCUT2D eigenvalue weighted by atomic mass is 10.1. The summed E-state index contributed by atoms with van der Waals surface area (Å²) in [5.74, 6) is 0.390. The molecule has 36 heavy (non-hydrogen) atoms. The van der Waals surface area contributed by atoms with Crippen molar-refractivity contribution >= 4 is 29.2 Å². The summed E-state index contributed by atoms with van der Waals surface area (Å²) < 4.78 is 8.88. The molecular weight excluding hydrogens is 460 g/mol. The number of benzene rings is 1. The lowest BCUT2D eigenvalue weighted by molar-refractivity contribution is 0.0648. The van der Waals surface area contributed by atoms with Crippen LogP contribution in [0, 0.1) is 0 Å². The van der Waals surface area contributed by atoms with E-state index in [9.17, 15) is 9.59 Å². The number of carbonyl (C=O) groups is 2. The van der Waals surface area contributed by atoms with Crippen LogP contribution >= 0.6 is 0 Å². The maximum atomic E-state index is 13.4. The van der Waals surface area contributed by atoms with Crippen molar-refractivity contribution in [3.63, 3.8) is 0 Å². The molecule has 2 aliphatic heterocycles. The highest BCUT2D eigenvalue weighted by molar-refractivity contribution is 6.11. The summed E-state index contributed by atoms with van der Waals surface area (Å²) in [4.78, 5) is 39.6. The van der Waals surface area contributed by atoms with E-state index in [4.69, 9.17) is 14.7 Å². The predicted molar refractivity (Wildman–Crippen MR) is 133 cm³/mol. The van der Waals surface area contributed by atoms with Crippen molar-refractivity contribution in [2.24, 2.45) is 7.05 Å². The topological polar surface area (TPSA) is 110 Å². The molecule has 5 heterocycles. The summed E-state index contributed by atoms with van der Waals surface area (Å²) in [5.41, 5.74) is 2.95. The van der Waals surface area contributed by atoms with Gasteiger partial charge in [0.1, 0.15) is 17.2 Å². The van der Waals surface area contributed by atoms with Gasteiger partial charge in [-0.2, -0.15) is 10.1 Å². The van der Waals surface area contributed by atoms with Gasteiger partial charge in [0.25, 0.3) is 11.8 Å². The number of morpholine rings is 1. The van der Waals surface area contributed by atoms with Gasteiger partial charge in [-0.25, -0.2) is 4.98 Å². The number of amides is 2. The zero-order valence-corrected chi connectivity index (χ0v) is 19.9. The summed E-state index contributed by atoms with van der Waals surface area (Å²) in [7, 11) is 1.65. The molecule has 2 saturated heterocycles. The van der Waals surface area contributed by atoms with Crippen LogP contribution in [0.15, 0.2) is 48.8 Å². The highest BCUT2D eigenvalue weighted by atomic mass is 16.5. The molecule has 0 saturated carbocycles. The van der Waals surface area contributed by atoms with Crippen LogP contribution in [0.5, 0.6) is 0 Å². The molecule has 1 aromatic carbocycles. The number of carbonyl (C=O) groups excluding carboxylic acids is 2. The van der Waals surface area contributed by atoms with E-state index in [-0.39, 0.29) is 17.2 Å². The number of ether oxygens (including phenoxy) is 1. The molecule has 2 amide bonds. The number of rotatable bonds is 5. The fourth-order valence-corrected chi connectivity index (χ4v) is 4.50. The third-order valence-corrected chi connectivity index (χ3v) is 6.57. The van der Waals surface area contributed by atoms with E-state index < -0.39 is 5.91 Å². The maximum absolute atomic E-state index is 13.4. The Hall–Kier alpha value is -4.25. The number of likely N-dealkylation sites (tertiary alicyclic amines) is 1. The van der Waals surface area contributed by atoms with Crippen molar-refractivity contribution in [1.82, 2.24) is 29.0 Å². The summed E-state index contributed by atoms with van der Waals surface area (Å²) in [6.45, 7) is 3.93. The smallest absolute Gasteiger partial charge is 0.275 e. The zero-order chi connectivity index (χ0) is 24.6. The molecule has 0 spiro atoms. The molecular formula is C25H26N8O3. The number of aromatic nitrogens is 5. The normalized spacial score (nSPS) is 15.7. The number of nitrogens with zero attached hydrogens (tertiary/aromatic N) is 7. The fourth-order valence-electron chi connectivity index (χ4n) is 4.50. The van der Waals surface area contributed by atoms with Gasteiger partial charge in [-0.1, -0.05) is 30.3 Å². The van der Waals surface area contributed by atoms with Crippen molar-refractivity contribution in [3.8, 4) is 11.3 Å². The zero-order valence-electron chi connectivity index (χ0n) is 19.9. The van der Waals surface area contributed by atoms with E-state index in [1.54, 1.807) is 18.0 Å². The second-order valence-corrected chi connectivity index (χ2v) is 8.89. The summed E-state index contributed by atoms with van der Waals surface area (Å²) in [6, 6.07) is 11.7. The largest absolute Gasteiger partial charge is 0.378 e. The first-order valence-electron chi connectivity index (χ1n) is 12.0. The molecule has 11 nitrogen and oxygen atoms in total. The fraction of sp³-hybridized carbons (Fsp3) is 0.320. The van der Waals surface area contributed by atoms with Crippen LogP contribution < -0.4 is 10.2 Å². The SMILES string of the molecule is Cn1ncc(C(=O)N2CCC2)c1C(=O)Nc1cc2nc(-c3ccccc3)cn2c(N2CCOCC2)n1. The minimum Gasteiger partial charge on any atom is -0.378 e. The quantitative estimate of drug-likeness (QED) is 0.460. The van der Waals surface area contributed by atoms with Gasteiger partial charge in [0, 0.05) is 51.1 Å². The second-order valence-electron chi connectivity index (χ2n) is 8.89. The molecule has 0 aliphatic carbocycles. The number of nitrogens with one attached hydrogen (secondary N) is 1. The van der Waals surface area contributed by atoms with Gasteiger partial charge in [-0.3, -0.25) is 18.7 Å². The van der Waals surface area contributed by atoms with Crippen molar-refractivity contribution in [2.45, 2.75) is 6.42 Å². The first kappa shape index (κ1) is 22.2. The molecule has 184 valence electrons. The molecule has 0 unspecified atom stereocenters. The van der Waals surface area contributed by atoms with Crippen molar-refractivity contribution in [3.05, 3.63) is 60.0 Å². The van der Waals surface area contributed by atoms with Gasteiger partial charge in [0.2, 0.25) is 5.95 Å². The van der Waals surface area contributed by atoms with Gasteiger partial charge in [-0.15, -0.1) is 0 Å². The minimum atomic E-state index is -0.446. The van der Waals surface area contributed by atoms with Crippen molar-refractivity contribution < 1.29 is 14.3 Å². The average Bonchev–Trinajstić information content (AvgIpc) is 3.47. The highest BCUT2D eigenvalue weighted by Gasteiger charge is 2.29.